The van der Waals surface area contributed by atoms with Crippen molar-refractivity contribution in [2.45, 2.75) is 31.3 Å². The number of amides is 1. The van der Waals surface area contributed by atoms with E-state index in [4.69, 9.17) is 16.3 Å². The van der Waals surface area contributed by atoms with Crippen LogP contribution in [0.5, 0.6) is 0 Å². The van der Waals surface area contributed by atoms with E-state index in [1.165, 1.54) is 7.11 Å². The third kappa shape index (κ3) is 4.21. The van der Waals surface area contributed by atoms with Crippen molar-refractivity contribution in [3.63, 3.8) is 0 Å². The van der Waals surface area contributed by atoms with Crippen LogP contribution in [0.4, 0.5) is 0 Å². The standard InChI is InChI=1S/C16H20ClNO4/c1-22-15(20)12-6-8-16(21,9-7-12)10-18-14(19)11-2-4-13(17)5-3-11/h2-5,12,21H,6-10H2,1H3,(H,18,19). The van der Waals surface area contributed by atoms with Crippen molar-refractivity contribution < 1.29 is 19.4 Å². The SMILES string of the molecule is COC(=O)C1CCC(O)(CNC(=O)c2ccc(Cl)cc2)CC1. The molecule has 0 bridgehead atoms. The summed E-state index contributed by atoms with van der Waals surface area (Å²) >= 11 is 5.78. The van der Waals surface area contributed by atoms with E-state index in [1.54, 1.807) is 24.3 Å². The Balaban J connectivity index is 1.85. The Morgan fingerprint density at radius 1 is 1.32 bits per heavy atom. The Morgan fingerprint density at radius 3 is 2.45 bits per heavy atom. The molecule has 0 aromatic heterocycles. The lowest BCUT2D eigenvalue weighted by molar-refractivity contribution is -0.148. The summed E-state index contributed by atoms with van der Waals surface area (Å²) in [6.45, 7) is 0.169. The van der Waals surface area contributed by atoms with Crippen molar-refractivity contribution in [3.8, 4) is 0 Å². The van der Waals surface area contributed by atoms with Crippen LogP contribution in [-0.4, -0.2) is 36.2 Å². The second-order valence-electron chi connectivity index (χ2n) is 5.71. The van der Waals surface area contributed by atoms with Crippen molar-refractivity contribution >= 4 is 23.5 Å². The summed E-state index contributed by atoms with van der Waals surface area (Å²) in [7, 11) is 1.37. The first-order chi connectivity index (χ1) is 10.4. The van der Waals surface area contributed by atoms with Gasteiger partial charge in [0.2, 0.25) is 0 Å². The van der Waals surface area contributed by atoms with E-state index in [2.05, 4.69) is 5.32 Å². The molecule has 0 unspecified atom stereocenters. The highest BCUT2D eigenvalue weighted by molar-refractivity contribution is 6.30. The van der Waals surface area contributed by atoms with E-state index in [-0.39, 0.29) is 24.3 Å². The van der Waals surface area contributed by atoms with E-state index in [1.807, 2.05) is 0 Å². The number of hydrogen-bond donors (Lipinski definition) is 2. The lowest BCUT2D eigenvalue weighted by Gasteiger charge is -2.35. The molecule has 0 atom stereocenters. The van der Waals surface area contributed by atoms with Gasteiger partial charge in [-0.15, -0.1) is 0 Å². The van der Waals surface area contributed by atoms with Crippen LogP contribution >= 0.6 is 11.6 Å². The van der Waals surface area contributed by atoms with E-state index in [0.717, 1.165) is 0 Å². The first kappa shape index (κ1) is 16.8. The van der Waals surface area contributed by atoms with Gasteiger partial charge < -0.3 is 15.2 Å². The number of halogens is 1. The first-order valence-electron chi connectivity index (χ1n) is 7.27. The number of aliphatic hydroxyl groups is 1. The van der Waals surface area contributed by atoms with Crippen molar-refractivity contribution in [1.29, 1.82) is 0 Å². The molecule has 1 aliphatic carbocycles. The zero-order valence-corrected chi connectivity index (χ0v) is 13.2. The normalized spacial score (nSPS) is 24.6. The van der Waals surface area contributed by atoms with Crippen LogP contribution in [0.3, 0.4) is 0 Å². The molecule has 0 aliphatic heterocycles. The highest BCUT2D eigenvalue weighted by atomic mass is 35.5. The maximum Gasteiger partial charge on any atom is 0.308 e. The van der Waals surface area contributed by atoms with Gasteiger partial charge in [-0.3, -0.25) is 9.59 Å². The van der Waals surface area contributed by atoms with Gasteiger partial charge in [0.05, 0.1) is 18.6 Å². The van der Waals surface area contributed by atoms with Crippen LogP contribution in [0.25, 0.3) is 0 Å². The molecular weight excluding hydrogens is 306 g/mol. The average Bonchev–Trinajstić information content (AvgIpc) is 2.53. The number of methoxy groups -OCH3 is 1. The maximum atomic E-state index is 12.0. The number of esters is 1. The van der Waals surface area contributed by atoms with Crippen molar-refractivity contribution in [3.05, 3.63) is 34.9 Å². The minimum absolute atomic E-state index is 0.155. The quantitative estimate of drug-likeness (QED) is 0.832. The Kier molecular flexibility index (Phi) is 5.42. The maximum absolute atomic E-state index is 12.0. The number of carbonyl (C=O) groups is 2. The molecule has 2 rings (SSSR count). The second kappa shape index (κ2) is 7.11. The van der Waals surface area contributed by atoms with Gasteiger partial charge in [0.1, 0.15) is 0 Å². The topological polar surface area (TPSA) is 75.6 Å². The van der Waals surface area contributed by atoms with Crippen molar-refractivity contribution in [2.24, 2.45) is 5.92 Å². The largest absolute Gasteiger partial charge is 0.469 e. The minimum atomic E-state index is -0.966. The Morgan fingerprint density at radius 2 is 1.91 bits per heavy atom. The highest BCUT2D eigenvalue weighted by Gasteiger charge is 2.36. The fourth-order valence-electron chi connectivity index (χ4n) is 2.68. The Hall–Kier alpha value is -1.59. The number of hydrogen-bond acceptors (Lipinski definition) is 4. The molecule has 1 fully saturated rings. The van der Waals surface area contributed by atoms with Gasteiger partial charge in [-0.2, -0.15) is 0 Å². The lowest BCUT2D eigenvalue weighted by Crippen LogP contribution is -2.46. The van der Waals surface area contributed by atoms with E-state index in [9.17, 15) is 14.7 Å². The van der Waals surface area contributed by atoms with Gasteiger partial charge in [-0.25, -0.2) is 0 Å². The molecular formula is C16H20ClNO4. The van der Waals surface area contributed by atoms with E-state index < -0.39 is 5.60 Å². The summed E-state index contributed by atoms with van der Waals surface area (Å²) in [4.78, 5) is 23.5. The number of nitrogens with one attached hydrogen (secondary N) is 1. The van der Waals surface area contributed by atoms with Crippen LogP contribution in [0, 0.1) is 5.92 Å². The average molecular weight is 326 g/mol. The molecule has 120 valence electrons. The van der Waals surface area contributed by atoms with Crippen LogP contribution in [0.15, 0.2) is 24.3 Å². The summed E-state index contributed by atoms with van der Waals surface area (Å²) in [6.07, 6.45) is 2.07. The van der Waals surface area contributed by atoms with E-state index >= 15 is 0 Å². The summed E-state index contributed by atoms with van der Waals surface area (Å²) in [5.74, 6) is -0.635. The number of carbonyl (C=O) groups excluding carboxylic acids is 2. The van der Waals surface area contributed by atoms with Crippen LogP contribution in [-0.2, 0) is 9.53 Å². The number of rotatable bonds is 4. The van der Waals surface area contributed by atoms with Gasteiger partial charge >= 0.3 is 5.97 Å². The molecule has 1 aliphatic rings. The zero-order valence-electron chi connectivity index (χ0n) is 12.5. The molecule has 5 nitrogen and oxygen atoms in total. The van der Waals surface area contributed by atoms with Gasteiger partial charge in [0.15, 0.2) is 0 Å². The predicted octanol–water partition coefficient (Wildman–Crippen LogP) is 2.16. The van der Waals surface area contributed by atoms with Gasteiger partial charge in [-0.1, -0.05) is 11.6 Å². The molecule has 6 heteroatoms. The summed E-state index contributed by atoms with van der Waals surface area (Å²) in [5, 5.41) is 13.8. The fourth-order valence-corrected chi connectivity index (χ4v) is 2.81. The monoisotopic (exact) mass is 325 g/mol. The van der Waals surface area contributed by atoms with Gasteiger partial charge in [-0.05, 0) is 49.9 Å². The summed E-state index contributed by atoms with van der Waals surface area (Å²) in [6, 6.07) is 6.56. The number of benzene rings is 1. The smallest absolute Gasteiger partial charge is 0.308 e. The van der Waals surface area contributed by atoms with Crippen molar-refractivity contribution in [2.75, 3.05) is 13.7 Å². The van der Waals surface area contributed by atoms with Gasteiger partial charge in [0.25, 0.3) is 5.91 Å². The van der Waals surface area contributed by atoms with Crippen LogP contribution in [0.2, 0.25) is 5.02 Å². The zero-order chi connectivity index (χ0) is 16.2. The Bertz CT molecular complexity index is 536. The molecule has 1 saturated carbocycles. The molecule has 2 N–H and O–H groups in total. The third-order valence-electron chi connectivity index (χ3n) is 4.14. The number of ether oxygens (including phenoxy) is 1. The fraction of sp³-hybridized carbons (Fsp3) is 0.500. The molecule has 0 radical (unpaired) electrons. The molecule has 1 amide bonds. The molecule has 0 saturated heterocycles. The lowest BCUT2D eigenvalue weighted by atomic mass is 9.78. The molecule has 1 aromatic rings. The second-order valence-corrected chi connectivity index (χ2v) is 6.15. The molecule has 0 spiro atoms. The highest BCUT2D eigenvalue weighted by Crippen LogP contribution is 2.32. The summed E-state index contributed by atoms with van der Waals surface area (Å²) in [5.41, 5.74) is -0.469. The van der Waals surface area contributed by atoms with Crippen molar-refractivity contribution in [1.82, 2.24) is 5.32 Å². The third-order valence-corrected chi connectivity index (χ3v) is 4.39. The molecule has 0 heterocycles. The summed E-state index contributed by atoms with van der Waals surface area (Å²) < 4.78 is 4.72. The Labute approximate surface area is 134 Å². The molecule has 22 heavy (non-hydrogen) atoms. The van der Waals surface area contributed by atoms with E-state index in [0.29, 0.717) is 36.3 Å². The predicted molar refractivity (Wildman–Crippen MR) is 82.7 cm³/mol. The minimum Gasteiger partial charge on any atom is -0.469 e. The van der Waals surface area contributed by atoms with Gasteiger partial charge in [0, 0.05) is 17.1 Å². The van der Waals surface area contributed by atoms with Crippen LogP contribution in [0.1, 0.15) is 36.0 Å². The molecule has 1 aromatic carbocycles. The van der Waals surface area contributed by atoms with Crippen LogP contribution < -0.4 is 5.32 Å². The first-order valence-corrected chi connectivity index (χ1v) is 7.65.